The summed E-state index contributed by atoms with van der Waals surface area (Å²) < 4.78 is 0. The largest absolute Gasteiger partial charge is 0.360 e. The Balaban J connectivity index is 1.31. The molecule has 0 spiro atoms. The Kier molecular flexibility index (Phi) is 5.03. The molecule has 1 aromatic heterocycles. The van der Waals surface area contributed by atoms with Gasteiger partial charge in [-0.05, 0) is 11.6 Å². The fraction of sp³-hybridized carbons (Fsp3) is 0.273. The summed E-state index contributed by atoms with van der Waals surface area (Å²) in [6, 6.07) is 17.7. The number of aromatic nitrogens is 1. The van der Waals surface area contributed by atoms with Crippen LogP contribution in [0.3, 0.4) is 0 Å². The second-order valence-corrected chi connectivity index (χ2v) is 6.99. The van der Waals surface area contributed by atoms with Crippen molar-refractivity contribution in [3.63, 3.8) is 0 Å². The highest BCUT2D eigenvalue weighted by atomic mass is 16.2. The number of fused-ring (bicyclic) bond motifs is 1. The molecule has 1 amide bonds. The zero-order valence-electron chi connectivity index (χ0n) is 15.2. The summed E-state index contributed by atoms with van der Waals surface area (Å²) in [5, 5.41) is 0.971. The number of Topliss-reactive ketones (excluding diaryl/α,β-unsaturated/α-hetero) is 1. The van der Waals surface area contributed by atoms with Gasteiger partial charge in [0.15, 0.2) is 5.78 Å². The zero-order valence-corrected chi connectivity index (χ0v) is 15.2. The molecule has 5 nitrogen and oxygen atoms in total. The number of para-hydroxylation sites is 1. The van der Waals surface area contributed by atoms with Crippen LogP contribution in [-0.4, -0.2) is 59.2 Å². The molecular formula is C22H23N3O2. The summed E-state index contributed by atoms with van der Waals surface area (Å²) in [5.74, 6) is 0.278. The van der Waals surface area contributed by atoms with Crippen molar-refractivity contribution in [2.45, 2.75) is 6.42 Å². The molecule has 0 atom stereocenters. The molecule has 138 valence electrons. The van der Waals surface area contributed by atoms with Gasteiger partial charge in [-0.2, -0.15) is 0 Å². The van der Waals surface area contributed by atoms with Crippen molar-refractivity contribution in [2.24, 2.45) is 0 Å². The summed E-state index contributed by atoms with van der Waals surface area (Å²) in [4.78, 5) is 32.4. The van der Waals surface area contributed by atoms with Gasteiger partial charge in [0, 0.05) is 48.8 Å². The Bertz CT molecular complexity index is 940. The van der Waals surface area contributed by atoms with Crippen molar-refractivity contribution in [3.05, 3.63) is 71.9 Å². The van der Waals surface area contributed by atoms with E-state index in [2.05, 4.69) is 9.88 Å². The number of carbonyl (C=O) groups excluding carboxylic acids is 2. The van der Waals surface area contributed by atoms with E-state index in [1.165, 1.54) is 0 Å². The van der Waals surface area contributed by atoms with Gasteiger partial charge in [0.05, 0.1) is 13.0 Å². The fourth-order valence-corrected chi connectivity index (χ4v) is 3.63. The molecule has 0 aliphatic carbocycles. The van der Waals surface area contributed by atoms with Crippen LogP contribution >= 0.6 is 0 Å². The van der Waals surface area contributed by atoms with Crippen LogP contribution in [0.5, 0.6) is 0 Å². The van der Waals surface area contributed by atoms with Crippen LogP contribution in [0.25, 0.3) is 10.9 Å². The fourth-order valence-electron chi connectivity index (χ4n) is 3.63. The predicted octanol–water partition coefficient (Wildman–Crippen LogP) is 2.74. The molecule has 0 radical (unpaired) electrons. The second kappa shape index (κ2) is 7.76. The third kappa shape index (κ3) is 3.93. The average molecular weight is 361 g/mol. The number of nitrogens with one attached hydrogen (secondary N) is 1. The van der Waals surface area contributed by atoms with E-state index in [1.807, 2.05) is 59.5 Å². The Morgan fingerprint density at radius 2 is 1.59 bits per heavy atom. The Morgan fingerprint density at radius 3 is 2.37 bits per heavy atom. The van der Waals surface area contributed by atoms with E-state index in [0.717, 1.165) is 35.1 Å². The number of hydrogen-bond acceptors (Lipinski definition) is 3. The summed E-state index contributed by atoms with van der Waals surface area (Å²) in [7, 11) is 0. The molecule has 2 aromatic carbocycles. The summed E-state index contributed by atoms with van der Waals surface area (Å²) >= 11 is 0. The number of benzene rings is 2. The van der Waals surface area contributed by atoms with Crippen LogP contribution in [0.4, 0.5) is 0 Å². The SMILES string of the molecule is O=C(CN1CCN(C(=O)Cc2ccccc2)CC1)c1c[nH]c2ccccc12. The normalized spacial score (nSPS) is 15.2. The van der Waals surface area contributed by atoms with Crippen LogP contribution in [-0.2, 0) is 11.2 Å². The number of piperazine rings is 1. The van der Waals surface area contributed by atoms with Gasteiger partial charge in [0.1, 0.15) is 0 Å². The molecule has 1 N–H and O–H groups in total. The molecule has 4 rings (SSSR count). The first kappa shape index (κ1) is 17.5. The van der Waals surface area contributed by atoms with Gasteiger partial charge in [-0.15, -0.1) is 0 Å². The van der Waals surface area contributed by atoms with Crippen molar-refractivity contribution in [2.75, 3.05) is 32.7 Å². The molecule has 1 aliphatic rings. The Labute approximate surface area is 158 Å². The van der Waals surface area contributed by atoms with Gasteiger partial charge in [-0.25, -0.2) is 0 Å². The van der Waals surface area contributed by atoms with E-state index in [-0.39, 0.29) is 11.7 Å². The lowest BCUT2D eigenvalue weighted by molar-refractivity contribution is -0.132. The number of rotatable bonds is 5. The van der Waals surface area contributed by atoms with E-state index in [9.17, 15) is 9.59 Å². The van der Waals surface area contributed by atoms with Gasteiger partial charge >= 0.3 is 0 Å². The van der Waals surface area contributed by atoms with Crippen molar-refractivity contribution < 1.29 is 9.59 Å². The van der Waals surface area contributed by atoms with Crippen molar-refractivity contribution >= 4 is 22.6 Å². The Hall–Kier alpha value is -2.92. The van der Waals surface area contributed by atoms with Gasteiger partial charge < -0.3 is 9.88 Å². The maximum atomic E-state index is 12.7. The molecule has 27 heavy (non-hydrogen) atoms. The molecule has 1 saturated heterocycles. The third-order valence-corrected chi connectivity index (χ3v) is 5.18. The van der Waals surface area contributed by atoms with E-state index in [4.69, 9.17) is 0 Å². The smallest absolute Gasteiger partial charge is 0.227 e. The summed E-state index contributed by atoms with van der Waals surface area (Å²) in [6.07, 6.45) is 2.24. The first-order valence-corrected chi connectivity index (χ1v) is 9.34. The number of ketones is 1. The highest BCUT2D eigenvalue weighted by molar-refractivity contribution is 6.08. The number of aromatic amines is 1. The van der Waals surface area contributed by atoms with Crippen molar-refractivity contribution in [1.29, 1.82) is 0 Å². The monoisotopic (exact) mass is 361 g/mol. The molecule has 3 aromatic rings. The highest BCUT2D eigenvalue weighted by Gasteiger charge is 2.23. The molecule has 0 bridgehead atoms. The van der Waals surface area contributed by atoms with Crippen molar-refractivity contribution in [3.8, 4) is 0 Å². The lowest BCUT2D eigenvalue weighted by Gasteiger charge is -2.34. The van der Waals surface area contributed by atoms with Gasteiger partial charge in [-0.3, -0.25) is 14.5 Å². The number of nitrogens with zero attached hydrogens (tertiary/aromatic N) is 2. The molecule has 5 heteroatoms. The number of amides is 1. The lowest BCUT2D eigenvalue weighted by Crippen LogP contribution is -2.50. The number of hydrogen-bond donors (Lipinski definition) is 1. The van der Waals surface area contributed by atoms with Crippen LogP contribution in [0.2, 0.25) is 0 Å². The van der Waals surface area contributed by atoms with Gasteiger partial charge in [0.2, 0.25) is 5.91 Å². The van der Waals surface area contributed by atoms with Crippen LogP contribution in [0, 0.1) is 0 Å². The molecule has 1 aliphatic heterocycles. The minimum Gasteiger partial charge on any atom is -0.360 e. The highest BCUT2D eigenvalue weighted by Crippen LogP contribution is 2.18. The first-order chi connectivity index (χ1) is 13.2. The average Bonchev–Trinajstić information content (AvgIpc) is 3.13. The van der Waals surface area contributed by atoms with Gasteiger partial charge in [-0.1, -0.05) is 48.5 Å². The van der Waals surface area contributed by atoms with E-state index in [0.29, 0.717) is 26.1 Å². The number of H-pyrrole nitrogens is 1. The second-order valence-electron chi connectivity index (χ2n) is 6.99. The van der Waals surface area contributed by atoms with Gasteiger partial charge in [0.25, 0.3) is 0 Å². The van der Waals surface area contributed by atoms with E-state index >= 15 is 0 Å². The van der Waals surface area contributed by atoms with Crippen molar-refractivity contribution in [1.82, 2.24) is 14.8 Å². The third-order valence-electron chi connectivity index (χ3n) is 5.18. The molecule has 0 saturated carbocycles. The molecule has 2 heterocycles. The maximum absolute atomic E-state index is 12.7. The Morgan fingerprint density at radius 1 is 0.889 bits per heavy atom. The van der Waals surface area contributed by atoms with Crippen LogP contribution in [0.1, 0.15) is 15.9 Å². The van der Waals surface area contributed by atoms with Crippen LogP contribution in [0.15, 0.2) is 60.8 Å². The molecule has 0 unspecified atom stereocenters. The maximum Gasteiger partial charge on any atom is 0.227 e. The number of carbonyl (C=O) groups is 2. The molecular weight excluding hydrogens is 338 g/mol. The minimum absolute atomic E-state index is 0.122. The van der Waals surface area contributed by atoms with E-state index in [1.54, 1.807) is 6.20 Å². The summed E-state index contributed by atoms with van der Waals surface area (Å²) in [5.41, 5.74) is 2.77. The standard InChI is InChI=1S/C22H23N3O2/c26-21(19-15-23-20-9-5-4-8-18(19)20)16-24-10-12-25(13-11-24)22(27)14-17-6-2-1-3-7-17/h1-9,15,23H,10-14,16H2. The summed E-state index contributed by atoms with van der Waals surface area (Å²) in [6.45, 7) is 3.20. The van der Waals surface area contributed by atoms with E-state index < -0.39 is 0 Å². The predicted molar refractivity (Wildman–Crippen MR) is 106 cm³/mol. The van der Waals surface area contributed by atoms with Crippen LogP contribution < -0.4 is 0 Å². The lowest BCUT2D eigenvalue weighted by atomic mass is 10.1. The first-order valence-electron chi connectivity index (χ1n) is 9.34. The zero-order chi connectivity index (χ0) is 18.6. The molecule has 1 fully saturated rings. The topological polar surface area (TPSA) is 56.4 Å². The minimum atomic E-state index is 0.122. The quantitative estimate of drug-likeness (QED) is 0.711.